The number of tetrazole rings is 1. The van der Waals surface area contributed by atoms with Crippen molar-refractivity contribution in [3.8, 4) is 16.8 Å². The summed E-state index contributed by atoms with van der Waals surface area (Å²) in [6.45, 7) is 2.12. The summed E-state index contributed by atoms with van der Waals surface area (Å²) >= 11 is 0. The molecule has 0 unspecified atom stereocenters. The lowest BCUT2D eigenvalue weighted by molar-refractivity contribution is -0.140. The van der Waals surface area contributed by atoms with E-state index in [0.717, 1.165) is 47.9 Å². The summed E-state index contributed by atoms with van der Waals surface area (Å²) in [4.78, 5) is 4.86. The second-order valence-electron chi connectivity index (χ2n) is 7.04. The Bertz CT molecular complexity index is 1150. The molecule has 2 aromatic carbocycles. The third-order valence-corrected chi connectivity index (χ3v) is 5.02. The number of benzene rings is 2. The van der Waals surface area contributed by atoms with E-state index in [2.05, 4.69) is 27.3 Å². The number of unbranched alkanes of at least 4 members (excludes halogenated alkanes) is 2. The first-order valence-corrected chi connectivity index (χ1v) is 9.82. The molecule has 0 N–H and O–H groups in total. The summed E-state index contributed by atoms with van der Waals surface area (Å²) in [5.41, 5.74) is 1.16. The van der Waals surface area contributed by atoms with Crippen molar-refractivity contribution in [2.24, 2.45) is 0 Å². The highest BCUT2D eigenvalue weighted by atomic mass is 19.4. The third-order valence-electron chi connectivity index (χ3n) is 5.02. The number of hydrogen-bond acceptors (Lipinski definition) is 4. The summed E-state index contributed by atoms with van der Waals surface area (Å²) in [6, 6.07) is 14.4. The van der Waals surface area contributed by atoms with E-state index in [0.29, 0.717) is 10.9 Å². The van der Waals surface area contributed by atoms with Gasteiger partial charge in [-0.2, -0.15) is 13.2 Å². The van der Waals surface area contributed by atoms with Crippen molar-refractivity contribution in [1.82, 2.24) is 25.2 Å². The summed E-state index contributed by atoms with van der Waals surface area (Å²) in [7, 11) is 0. The van der Waals surface area contributed by atoms with Gasteiger partial charge in [0, 0.05) is 10.9 Å². The van der Waals surface area contributed by atoms with Crippen molar-refractivity contribution in [3.63, 3.8) is 0 Å². The summed E-state index contributed by atoms with van der Waals surface area (Å²) < 4.78 is 42.2. The lowest BCUT2D eigenvalue weighted by Crippen LogP contribution is -2.17. The van der Waals surface area contributed by atoms with Gasteiger partial charge in [0.25, 0.3) is 0 Å². The lowest BCUT2D eigenvalue weighted by atomic mass is 9.91. The summed E-state index contributed by atoms with van der Waals surface area (Å²) in [5.74, 6) is 0. The van der Waals surface area contributed by atoms with Crippen LogP contribution in [0.1, 0.15) is 37.4 Å². The van der Waals surface area contributed by atoms with Crippen LogP contribution in [0.25, 0.3) is 27.7 Å². The van der Waals surface area contributed by atoms with E-state index in [1.807, 2.05) is 24.3 Å². The predicted molar refractivity (Wildman–Crippen MR) is 108 cm³/mol. The van der Waals surface area contributed by atoms with Crippen LogP contribution in [0.3, 0.4) is 0 Å². The Kier molecular flexibility index (Phi) is 5.48. The first-order chi connectivity index (χ1) is 14.5. The summed E-state index contributed by atoms with van der Waals surface area (Å²) in [5, 5.41) is 11.9. The number of nitrogens with zero attached hydrogens (tertiary/aromatic N) is 5. The number of rotatable bonds is 6. The van der Waals surface area contributed by atoms with Crippen molar-refractivity contribution in [2.45, 2.75) is 38.8 Å². The van der Waals surface area contributed by atoms with Crippen molar-refractivity contribution in [1.29, 1.82) is 0 Å². The van der Waals surface area contributed by atoms with Crippen molar-refractivity contribution in [3.05, 3.63) is 66.1 Å². The number of aromatic nitrogens is 5. The highest BCUT2D eigenvalue weighted by molar-refractivity contribution is 6.00. The molecule has 0 aliphatic rings. The first-order valence-electron chi connectivity index (χ1n) is 9.82. The fourth-order valence-electron chi connectivity index (χ4n) is 3.68. The Morgan fingerprint density at radius 2 is 1.73 bits per heavy atom. The molecule has 30 heavy (non-hydrogen) atoms. The molecule has 2 heterocycles. The van der Waals surface area contributed by atoms with Crippen LogP contribution in [0.15, 0.2) is 54.9 Å². The molecule has 0 amide bonds. The van der Waals surface area contributed by atoms with E-state index in [9.17, 15) is 13.2 Å². The standard InChI is InChI=1S/C22H20F3N5/c1-2-3-4-9-15-10-5-6-11-16(15)19-17-12-7-8-13-18(17)28-21(22(23,24)25)20(19)30-27-14-26-29-30/h5-8,10-14H,2-4,9H2,1H3. The van der Waals surface area contributed by atoms with E-state index < -0.39 is 11.9 Å². The fourth-order valence-corrected chi connectivity index (χ4v) is 3.68. The molecule has 8 heteroatoms. The second kappa shape index (κ2) is 8.22. The van der Waals surface area contributed by atoms with Crippen LogP contribution in [0, 0.1) is 0 Å². The fraction of sp³-hybridized carbons (Fsp3) is 0.273. The van der Waals surface area contributed by atoms with Crippen LogP contribution in [0.5, 0.6) is 0 Å². The van der Waals surface area contributed by atoms with Gasteiger partial charge in [0.15, 0.2) is 12.0 Å². The Morgan fingerprint density at radius 1 is 0.967 bits per heavy atom. The minimum Gasteiger partial charge on any atom is -0.241 e. The Hall–Kier alpha value is -3.29. The molecule has 0 saturated carbocycles. The molecule has 0 aliphatic carbocycles. The second-order valence-corrected chi connectivity index (χ2v) is 7.04. The number of para-hydroxylation sites is 1. The van der Waals surface area contributed by atoms with E-state index >= 15 is 0 Å². The Balaban J connectivity index is 2.08. The van der Waals surface area contributed by atoms with Gasteiger partial charge in [-0.25, -0.2) is 4.98 Å². The highest BCUT2D eigenvalue weighted by Crippen LogP contribution is 2.42. The molecule has 0 bridgehead atoms. The van der Waals surface area contributed by atoms with Gasteiger partial charge in [0.2, 0.25) is 0 Å². The molecule has 0 fully saturated rings. The monoisotopic (exact) mass is 411 g/mol. The molecule has 5 nitrogen and oxygen atoms in total. The SMILES string of the molecule is CCCCCc1ccccc1-c1c(-n2ncnn2)c(C(F)(F)F)nc2ccccc12. The normalized spacial score (nSPS) is 11.9. The van der Waals surface area contributed by atoms with Crippen LogP contribution < -0.4 is 0 Å². The zero-order valence-electron chi connectivity index (χ0n) is 16.4. The van der Waals surface area contributed by atoms with Gasteiger partial charge in [-0.1, -0.05) is 62.2 Å². The Labute approximate surface area is 171 Å². The molecule has 4 rings (SSSR count). The van der Waals surface area contributed by atoms with Crippen molar-refractivity contribution >= 4 is 10.9 Å². The minimum atomic E-state index is -4.68. The van der Waals surface area contributed by atoms with Crippen LogP contribution in [0.4, 0.5) is 13.2 Å². The van der Waals surface area contributed by atoms with Gasteiger partial charge in [-0.15, -0.1) is 15.0 Å². The molecule has 154 valence electrons. The number of alkyl halides is 3. The van der Waals surface area contributed by atoms with Crippen LogP contribution >= 0.6 is 0 Å². The molecule has 0 aliphatic heterocycles. The number of hydrogen-bond donors (Lipinski definition) is 0. The van der Waals surface area contributed by atoms with Crippen LogP contribution in [-0.2, 0) is 12.6 Å². The largest absolute Gasteiger partial charge is 0.435 e. The maximum atomic E-state index is 14.1. The number of fused-ring (bicyclic) bond motifs is 1. The van der Waals surface area contributed by atoms with Crippen LogP contribution in [-0.4, -0.2) is 25.2 Å². The average Bonchev–Trinajstić information content (AvgIpc) is 3.27. The van der Waals surface area contributed by atoms with Gasteiger partial charge in [0.1, 0.15) is 5.69 Å². The van der Waals surface area contributed by atoms with E-state index in [4.69, 9.17) is 0 Å². The molecular formula is C22H20F3N5. The molecule has 4 aromatic rings. The molecule has 0 spiro atoms. The molecular weight excluding hydrogens is 391 g/mol. The van der Waals surface area contributed by atoms with Gasteiger partial charge in [-0.3, -0.25) is 0 Å². The zero-order chi connectivity index (χ0) is 21.1. The predicted octanol–water partition coefficient (Wildman–Crippen LogP) is 5.63. The third kappa shape index (κ3) is 3.77. The van der Waals surface area contributed by atoms with E-state index in [-0.39, 0.29) is 11.2 Å². The van der Waals surface area contributed by atoms with Gasteiger partial charge in [0.05, 0.1) is 5.52 Å². The van der Waals surface area contributed by atoms with Crippen molar-refractivity contribution < 1.29 is 13.2 Å². The number of halogens is 3. The van der Waals surface area contributed by atoms with E-state index in [1.165, 1.54) is 0 Å². The molecule has 0 atom stereocenters. The lowest BCUT2D eigenvalue weighted by Gasteiger charge is -2.19. The average molecular weight is 411 g/mol. The maximum absolute atomic E-state index is 14.1. The molecule has 0 radical (unpaired) electrons. The van der Waals surface area contributed by atoms with Crippen molar-refractivity contribution in [2.75, 3.05) is 0 Å². The summed E-state index contributed by atoms with van der Waals surface area (Å²) in [6.07, 6.45) is 0.278. The highest BCUT2D eigenvalue weighted by Gasteiger charge is 2.39. The minimum absolute atomic E-state index is 0.207. The molecule has 0 saturated heterocycles. The topological polar surface area (TPSA) is 56.5 Å². The van der Waals surface area contributed by atoms with Gasteiger partial charge in [-0.05, 0) is 35.2 Å². The molecule has 2 aromatic heterocycles. The number of aryl methyl sites for hydroxylation is 1. The van der Waals surface area contributed by atoms with E-state index in [1.54, 1.807) is 24.3 Å². The van der Waals surface area contributed by atoms with Gasteiger partial charge >= 0.3 is 6.18 Å². The maximum Gasteiger partial charge on any atom is 0.435 e. The quantitative estimate of drug-likeness (QED) is 0.386. The first kappa shape index (κ1) is 20.0. The van der Waals surface area contributed by atoms with Gasteiger partial charge < -0.3 is 0 Å². The zero-order valence-corrected chi connectivity index (χ0v) is 16.4. The number of pyridine rings is 1. The van der Waals surface area contributed by atoms with Crippen LogP contribution in [0.2, 0.25) is 0 Å². The Morgan fingerprint density at radius 3 is 2.47 bits per heavy atom. The smallest absolute Gasteiger partial charge is 0.241 e.